The third kappa shape index (κ3) is 1.68. The van der Waals surface area contributed by atoms with Gasteiger partial charge in [-0.2, -0.15) is 0 Å². The predicted molar refractivity (Wildman–Crippen MR) is 62.9 cm³/mol. The van der Waals surface area contributed by atoms with Crippen LogP contribution in [0.3, 0.4) is 0 Å². The van der Waals surface area contributed by atoms with Crippen LogP contribution in [-0.4, -0.2) is 40.5 Å². The summed E-state index contributed by atoms with van der Waals surface area (Å²) in [5, 5.41) is 5.02. The molecule has 2 aliphatic heterocycles. The number of carbonyl (C=O) groups is 2. The summed E-state index contributed by atoms with van der Waals surface area (Å²) >= 11 is 0. The van der Waals surface area contributed by atoms with Gasteiger partial charge in [-0.1, -0.05) is 0 Å². The normalized spacial score (nSPS) is 21.9. The lowest BCUT2D eigenvalue weighted by atomic mass is 9.88. The van der Waals surface area contributed by atoms with Crippen LogP contribution in [0, 0.1) is 0 Å². The summed E-state index contributed by atoms with van der Waals surface area (Å²) < 4.78 is 0. The number of aromatic nitrogens is 2. The van der Waals surface area contributed by atoms with Crippen LogP contribution in [0.15, 0.2) is 18.5 Å². The van der Waals surface area contributed by atoms with E-state index in [0.29, 0.717) is 31.9 Å². The minimum atomic E-state index is -0.734. The molecular weight excluding hydrogens is 234 g/mol. The standard InChI is InChI=1S/C11H13N5O2/c17-8-11(15-10(18)14-8)2-6-16(7-3-11)9-12-4-1-5-13-9/h1,4-5H,2-3,6-7H2,(H2,14,15,17,18). The second-order valence-electron chi connectivity index (χ2n) is 4.53. The van der Waals surface area contributed by atoms with Gasteiger partial charge in [0.1, 0.15) is 5.54 Å². The molecule has 18 heavy (non-hydrogen) atoms. The van der Waals surface area contributed by atoms with E-state index in [2.05, 4.69) is 20.6 Å². The molecule has 0 atom stereocenters. The first-order valence-electron chi connectivity index (χ1n) is 5.85. The number of nitrogens with one attached hydrogen (secondary N) is 2. The van der Waals surface area contributed by atoms with Crippen LogP contribution < -0.4 is 15.5 Å². The molecule has 94 valence electrons. The molecule has 0 bridgehead atoms. The number of rotatable bonds is 1. The van der Waals surface area contributed by atoms with Crippen LogP contribution >= 0.6 is 0 Å². The van der Waals surface area contributed by atoms with E-state index in [0.717, 1.165) is 0 Å². The lowest BCUT2D eigenvalue weighted by Gasteiger charge is -2.36. The summed E-state index contributed by atoms with van der Waals surface area (Å²) in [6, 6.07) is 1.36. The van der Waals surface area contributed by atoms with Gasteiger partial charge in [0.15, 0.2) is 0 Å². The second-order valence-corrected chi connectivity index (χ2v) is 4.53. The van der Waals surface area contributed by atoms with E-state index in [-0.39, 0.29) is 5.91 Å². The quantitative estimate of drug-likeness (QED) is 0.663. The maximum absolute atomic E-state index is 11.8. The van der Waals surface area contributed by atoms with Crippen molar-refractivity contribution in [2.24, 2.45) is 0 Å². The Bertz CT molecular complexity index is 481. The Hall–Kier alpha value is -2.18. The summed E-state index contributed by atoms with van der Waals surface area (Å²) in [6.07, 6.45) is 4.53. The minimum absolute atomic E-state index is 0.221. The number of anilines is 1. The highest BCUT2D eigenvalue weighted by Gasteiger charge is 2.48. The Morgan fingerprint density at radius 1 is 1.17 bits per heavy atom. The Morgan fingerprint density at radius 2 is 1.83 bits per heavy atom. The van der Waals surface area contributed by atoms with Gasteiger partial charge in [0.05, 0.1) is 0 Å². The number of hydrogen-bond donors (Lipinski definition) is 2. The van der Waals surface area contributed by atoms with Crippen LogP contribution in [0.4, 0.5) is 10.7 Å². The first-order chi connectivity index (χ1) is 8.70. The first-order valence-corrected chi connectivity index (χ1v) is 5.85. The summed E-state index contributed by atoms with van der Waals surface area (Å²) in [7, 11) is 0. The molecule has 0 aromatic carbocycles. The lowest BCUT2D eigenvalue weighted by molar-refractivity contribution is -0.124. The third-order valence-corrected chi connectivity index (χ3v) is 3.47. The Balaban J connectivity index is 1.72. The van der Waals surface area contributed by atoms with Crippen molar-refractivity contribution in [2.45, 2.75) is 18.4 Å². The number of hydrogen-bond acceptors (Lipinski definition) is 5. The molecule has 2 saturated heterocycles. The van der Waals surface area contributed by atoms with Crippen molar-refractivity contribution in [1.29, 1.82) is 0 Å². The zero-order valence-corrected chi connectivity index (χ0v) is 9.72. The molecule has 3 heterocycles. The molecule has 1 aromatic heterocycles. The van der Waals surface area contributed by atoms with Crippen LogP contribution in [0.25, 0.3) is 0 Å². The number of urea groups is 1. The molecule has 0 aliphatic carbocycles. The number of piperidine rings is 1. The van der Waals surface area contributed by atoms with Gasteiger partial charge in [-0.05, 0) is 18.9 Å². The highest BCUT2D eigenvalue weighted by molar-refractivity contribution is 6.07. The van der Waals surface area contributed by atoms with Gasteiger partial charge in [-0.3, -0.25) is 10.1 Å². The monoisotopic (exact) mass is 247 g/mol. The average molecular weight is 247 g/mol. The van der Waals surface area contributed by atoms with Crippen molar-refractivity contribution in [1.82, 2.24) is 20.6 Å². The molecule has 2 fully saturated rings. The van der Waals surface area contributed by atoms with E-state index in [4.69, 9.17) is 0 Å². The van der Waals surface area contributed by atoms with Crippen LogP contribution in [0.1, 0.15) is 12.8 Å². The van der Waals surface area contributed by atoms with E-state index in [1.807, 2.05) is 4.90 Å². The molecule has 2 aliphatic rings. The largest absolute Gasteiger partial charge is 0.341 e. The van der Waals surface area contributed by atoms with E-state index in [9.17, 15) is 9.59 Å². The Morgan fingerprint density at radius 3 is 2.39 bits per heavy atom. The number of nitrogens with zero attached hydrogens (tertiary/aromatic N) is 3. The molecular formula is C11H13N5O2. The maximum atomic E-state index is 11.8. The topological polar surface area (TPSA) is 87.2 Å². The summed E-state index contributed by atoms with van der Waals surface area (Å²) in [4.78, 5) is 33.3. The van der Waals surface area contributed by atoms with Crippen molar-refractivity contribution in [3.05, 3.63) is 18.5 Å². The smallest absolute Gasteiger partial charge is 0.322 e. The molecule has 0 radical (unpaired) electrons. The third-order valence-electron chi connectivity index (χ3n) is 3.47. The Kier molecular flexibility index (Phi) is 2.39. The van der Waals surface area contributed by atoms with E-state index >= 15 is 0 Å². The van der Waals surface area contributed by atoms with Crippen LogP contribution in [0.2, 0.25) is 0 Å². The number of amides is 3. The fourth-order valence-corrected chi connectivity index (χ4v) is 2.42. The summed E-state index contributed by atoms with van der Waals surface area (Å²) in [5.74, 6) is 0.443. The van der Waals surface area contributed by atoms with Crippen molar-refractivity contribution >= 4 is 17.9 Å². The summed E-state index contributed by atoms with van der Waals surface area (Å²) in [6.45, 7) is 1.30. The van der Waals surface area contributed by atoms with E-state index in [1.54, 1.807) is 18.5 Å². The molecule has 3 rings (SSSR count). The number of imide groups is 1. The van der Waals surface area contributed by atoms with Gasteiger partial charge < -0.3 is 10.2 Å². The fourth-order valence-electron chi connectivity index (χ4n) is 2.42. The van der Waals surface area contributed by atoms with Gasteiger partial charge in [0, 0.05) is 25.5 Å². The van der Waals surface area contributed by atoms with Crippen molar-refractivity contribution < 1.29 is 9.59 Å². The van der Waals surface area contributed by atoms with Crippen molar-refractivity contribution in [3.8, 4) is 0 Å². The molecule has 0 saturated carbocycles. The first kappa shape index (κ1) is 10.9. The van der Waals surface area contributed by atoms with E-state index in [1.165, 1.54) is 0 Å². The molecule has 3 amide bonds. The second kappa shape index (κ2) is 3.94. The van der Waals surface area contributed by atoms with Gasteiger partial charge in [0.2, 0.25) is 5.95 Å². The molecule has 1 spiro atoms. The van der Waals surface area contributed by atoms with Gasteiger partial charge in [-0.15, -0.1) is 0 Å². The zero-order chi connectivity index (χ0) is 12.6. The fraction of sp³-hybridized carbons (Fsp3) is 0.455. The summed E-state index contributed by atoms with van der Waals surface area (Å²) in [5.41, 5.74) is -0.734. The minimum Gasteiger partial charge on any atom is -0.341 e. The average Bonchev–Trinajstić information content (AvgIpc) is 2.66. The van der Waals surface area contributed by atoms with Crippen LogP contribution in [-0.2, 0) is 4.79 Å². The van der Waals surface area contributed by atoms with Gasteiger partial charge in [0.25, 0.3) is 5.91 Å². The van der Waals surface area contributed by atoms with Crippen LogP contribution in [0.5, 0.6) is 0 Å². The SMILES string of the molecule is O=C1NC(=O)C2(CCN(c3ncccn3)CC2)N1. The molecule has 0 unspecified atom stereocenters. The lowest BCUT2D eigenvalue weighted by Crippen LogP contribution is -2.55. The van der Waals surface area contributed by atoms with Gasteiger partial charge in [-0.25, -0.2) is 14.8 Å². The highest BCUT2D eigenvalue weighted by atomic mass is 16.2. The number of carbonyl (C=O) groups excluding carboxylic acids is 2. The predicted octanol–water partition coefficient (Wildman–Crippen LogP) is -0.345. The van der Waals surface area contributed by atoms with Crippen molar-refractivity contribution in [2.75, 3.05) is 18.0 Å². The highest BCUT2D eigenvalue weighted by Crippen LogP contribution is 2.26. The van der Waals surface area contributed by atoms with E-state index < -0.39 is 11.6 Å². The zero-order valence-electron chi connectivity index (χ0n) is 9.72. The molecule has 7 nitrogen and oxygen atoms in total. The molecule has 2 N–H and O–H groups in total. The molecule has 1 aromatic rings. The van der Waals surface area contributed by atoms with Gasteiger partial charge >= 0.3 is 6.03 Å². The Labute approximate surface area is 104 Å². The molecule has 7 heteroatoms. The van der Waals surface area contributed by atoms with Crippen molar-refractivity contribution in [3.63, 3.8) is 0 Å². The maximum Gasteiger partial charge on any atom is 0.322 e.